The summed E-state index contributed by atoms with van der Waals surface area (Å²) in [5.74, 6) is 1.69. The molecule has 1 heterocycles. The average Bonchev–Trinajstić information content (AvgIpc) is 2.45. The third kappa shape index (κ3) is 3.78. The molecule has 0 unspecified atom stereocenters. The monoisotopic (exact) mass is 295 g/mol. The van der Waals surface area contributed by atoms with Crippen molar-refractivity contribution in [2.75, 3.05) is 18.1 Å². The number of H-pyrrole nitrogens is 1. The Kier molecular flexibility index (Phi) is 5.13. The van der Waals surface area contributed by atoms with Gasteiger partial charge in [-0.1, -0.05) is 33.1 Å². The molecule has 2 rings (SSSR count). The van der Waals surface area contributed by atoms with Gasteiger partial charge in [-0.25, -0.2) is 4.98 Å². The highest BCUT2D eigenvalue weighted by molar-refractivity contribution is 8.00. The molecular weight excluding hydrogens is 270 g/mol. The summed E-state index contributed by atoms with van der Waals surface area (Å²) in [5, 5.41) is 3.39. The second-order valence-corrected chi connectivity index (χ2v) is 7.25. The molecule has 1 aromatic heterocycles. The van der Waals surface area contributed by atoms with Crippen molar-refractivity contribution in [1.29, 1.82) is 0 Å². The van der Waals surface area contributed by atoms with Crippen molar-refractivity contribution in [3.63, 3.8) is 0 Å². The zero-order valence-corrected chi connectivity index (χ0v) is 13.5. The number of aromatic amines is 1. The van der Waals surface area contributed by atoms with E-state index in [0.29, 0.717) is 10.6 Å². The zero-order chi connectivity index (χ0) is 14.6. The number of aromatic nitrogens is 2. The summed E-state index contributed by atoms with van der Waals surface area (Å²) in [6, 6.07) is 1.56. The Bertz CT molecular complexity index is 492. The van der Waals surface area contributed by atoms with E-state index in [1.165, 1.54) is 32.1 Å². The highest BCUT2D eigenvalue weighted by Crippen LogP contribution is 2.38. The van der Waals surface area contributed by atoms with Gasteiger partial charge < -0.3 is 10.3 Å². The Hall–Kier alpha value is -0.970. The van der Waals surface area contributed by atoms with Gasteiger partial charge in [-0.3, -0.25) is 4.79 Å². The number of anilines is 1. The molecule has 1 aliphatic rings. The third-order valence-electron chi connectivity index (χ3n) is 4.10. The summed E-state index contributed by atoms with van der Waals surface area (Å²) in [5.41, 5.74) is -0.0759. The van der Waals surface area contributed by atoms with Gasteiger partial charge in [0.05, 0.1) is 0 Å². The van der Waals surface area contributed by atoms with Gasteiger partial charge in [0.1, 0.15) is 11.6 Å². The van der Waals surface area contributed by atoms with Gasteiger partial charge in [-0.15, -0.1) is 0 Å². The first-order valence-corrected chi connectivity index (χ1v) is 8.67. The fourth-order valence-corrected chi connectivity index (χ4v) is 3.65. The minimum Gasteiger partial charge on any atom is -0.368 e. The van der Waals surface area contributed by atoms with Crippen LogP contribution in [0.25, 0.3) is 0 Å². The van der Waals surface area contributed by atoms with Gasteiger partial charge in [-0.2, -0.15) is 11.8 Å². The highest BCUT2D eigenvalue weighted by atomic mass is 32.2. The van der Waals surface area contributed by atoms with Crippen molar-refractivity contribution in [3.8, 4) is 0 Å². The molecule has 0 saturated heterocycles. The molecule has 0 radical (unpaired) electrons. The number of thioether (sulfide) groups is 1. The number of hydrogen-bond acceptors (Lipinski definition) is 4. The fraction of sp³-hybridized carbons (Fsp3) is 0.733. The first kappa shape index (κ1) is 15.4. The molecule has 0 atom stereocenters. The molecule has 5 heteroatoms. The molecule has 0 spiro atoms. The molecule has 112 valence electrons. The van der Waals surface area contributed by atoms with Gasteiger partial charge in [0.15, 0.2) is 0 Å². The van der Waals surface area contributed by atoms with E-state index in [1.54, 1.807) is 6.07 Å². The van der Waals surface area contributed by atoms with Crippen LogP contribution in [0, 0.1) is 0 Å². The van der Waals surface area contributed by atoms with Crippen molar-refractivity contribution in [1.82, 2.24) is 9.97 Å². The second-order valence-electron chi connectivity index (χ2n) is 5.97. The maximum absolute atomic E-state index is 11.7. The first-order valence-electron chi connectivity index (χ1n) is 7.45. The smallest absolute Gasteiger partial charge is 0.252 e. The summed E-state index contributed by atoms with van der Waals surface area (Å²) in [6.07, 6.45) is 8.66. The molecule has 1 saturated carbocycles. The van der Waals surface area contributed by atoms with Crippen molar-refractivity contribution < 1.29 is 0 Å². The molecule has 2 N–H and O–H groups in total. The zero-order valence-electron chi connectivity index (χ0n) is 12.7. The number of nitrogens with zero attached hydrogens (tertiary/aromatic N) is 1. The maximum Gasteiger partial charge on any atom is 0.252 e. The van der Waals surface area contributed by atoms with E-state index in [9.17, 15) is 4.79 Å². The number of nitrogens with one attached hydrogen (secondary N) is 2. The quantitative estimate of drug-likeness (QED) is 0.874. The Labute approximate surface area is 125 Å². The van der Waals surface area contributed by atoms with Gasteiger partial charge in [0, 0.05) is 23.3 Å². The fourth-order valence-electron chi connectivity index (χ4n) is 2.74. The molecule has 1 aliphatic carbocycles. The molecule has 0 bridgehead atoms. The van der Waals surface area contributed by atoms with E-state index in [0.717, 1.165) is 12.4 Å². The van der Waals surface area contributed by atoms with Gasteiger partial charge >= 0.3 is 0 Å². The van der Waals surface area contributed by atoms with Crippen LogP contribution < -0.4 is 10.9 Å². The summed E-state index contributed by atoms with van der Waals surface area (Å²) < 4.78 is 0.306. The summed E-state index contributed by atoms with van der Waals surface area (Å²) in [7, 11) is 0. The summed E-state index contributed by atoms with van der Waals surface area (Å²) >= 11 is 1.95. The lowest BCUT2D eigenvalue weighted by Crippen LogP contribution is -2.36. The van der Waals surface area contributed by atoms with Crippen LogP contribution >= 0.6 is 11.8 Å². The molecule has 1 fully saturated rings. The Balaban J connectivity index is 2.08. The lowest BCUT2D eigenvalue weighted by molar-refractivity contribution is 0.411. The third-order valence-corrected chi connectivity index (χ3v) is 5.51. The van der Waals surface area contributed by atoms with Crippen LogP contribution in [0.4, 0.5) is 5.82 Å². The van der Waals surface area contributed by atoms with Crippen LogP contribution in [0.2, 0.25) is 0 Å². The number of rotatable bonds is 5. The lowest BCUT2D eigenvalue weighted by atomic mass is 9.88. The van der Waals surface area contributed by atoms with Gasteiger partial charge in [0.2, 0.25) is 0 Å². The Morgan fingerprint density at radius 3 is 2.70 bits per heavy atom. The van der Waals surface area contributed by atoms with Crippen molar-refractivity contribution in [2.24, 2.45) is 0 Å². The molecule has 4 nitrogen and oxygen atoms in total. The van der Waals surface area contributed by atoms with Crippen molar-refractivity contribution in [2.45, 2.75) is 56.6 Å². The van der Waals surface area contributed by atoms with Crippen LogP contribution in [0.15, 0.2) is 10.9 Å². The average molecular weight is 295 g/mol. The highest BCUT2D eigenvalue weighted by Gasteiger charge is 2.30. The van der Waals surface area contributed by atoms with E-state index >= 15 is 0 Å². The summed E-state index contributed by atoms with van der Waals surface area (Å²) in [6.45, 7) is 4.96. The van der Waals surface area contributed by atoms with Crippen molar-refractivity contribution >= 4 is 17.6 Å². The van der Waals surface area contributed by atoms with E-state index in [4.69, 9.17) is 0 Å². The standard InChI is InChI=1S/C15H25N3OS/c1-11(2)14-17-12(9-13(19)18-14)16-10-15(20-3)7-5-4-6-8-15/h9,11H,4-8,10H2,1-3H3,(H2,16,17,18,19). The topological polar surface area (TPSA) is 57.8 Å². The maximum atomic E-state index is 11.7. The molecule has 0 aromatic carbocycles. The van der Waals surface area contributed by atoms with Crippen molar-refractivity contribution in [3.05, 3.63) is 22.2 Å². The van der Waals surface area contributed by atoms with Gasteiger partial charge in [0.25, 0.3) is 5.56 Å². The number of hydrogen-bond donors (Lipinski definition) is 2. The van der Waals surface area contributed by atoms with E-state index < -0.39 is 0 Å². The largest absolute Gasteiger partial charge is 0.368 e. The second kappa shape index (κ2) is 6.66. The SMILES string of the molecule is CSC1(CNc2cc(=O)[nH]c(C(C)C)n2)CCCCC1. The molecule has 0 amide bonds. The molecular formula is C15H25N3OS. The van der Waals surface area contributed by atoms with Crippen LogP contribution in [-0.2, 0) is 0 Å². The van der Waals surface area contributed by atoms with E-state index in [2.05, 4.69) is 21.5 Å². The minimum atomic E-state index is -0.0759. The first-order chi connectivity index (χ1) is 9.54. The van der Waals surface area contributed by atoms with Gasteiger partial charge in [-0.05, 0) is 19.1 Å². The molecule has 0 aliphatic heterocycles. The lowest BCUT2D eigenvalue weighted by Gasteiger charge is -2.36. The normalized spacial score (nSPS) is 18.2. The van der Waals surface area contributed by atoms with E-state index in [-0.39, 0.29) is 11.5 Å². The summed E-state index contributed by atoms with van der Waals surface area (Å²) in [4.78, 5) is 19.0. The van der Waals surface area contributed by atoms with Crippen LogP contribution in [0.5, 0.6) is 0 Å². The predicted molar refractivity (Wildman–Crippen MR) is 86.8 cm³/mol. The Morgan fingerprint density at radius 2 is 2.10 bits per heavy atom. The van der Waals surface area contributed by atoms with E-state index in [1.807, 2.05) is 25.6 Å². The van der Waals surface area contributed by atoms with Crippen LogP contribution in [0.3, 0.4) is 0 Å². The molecule has 20 heavy (non-hydrogen) atoms. The van der Waals surface area contributed by atoms with Crippen LogP contribution in [-0.4, -0.2) is 27.5 Å². The van der Waals surface area contributed by atoms with Crippen LogP contribution in [0.1, 0.15) is 57.7 Å². The Morgan fingerprint density at radius 1 is 1.40 bits per heavy atom. The minimum absolute atomic E-state index is 0.0759. The molecule has 1 aromatic rings. The predicted octanol–water partition coefficient (Wildman–Crippen LogP) is 3.37.